The first-order valence-electron chi connectivity index (χ1n) is 10.3. The number of hydrogen-bond acceptors (Lipinski definition) is 4. The summed E-state index contributed by atoms with van der Waals surface area (Å²) in [6, 6.07) is 10.5. The third-order valence-corrected chi connectivity index (χ3v) is 5.86. The zero-order valence-corrected chi connectivity index (χ0v) is 17.5. The summed E-state index contributed by atoms with van der Waals surface area (Å²) in [7, 11) is 5.47. The van der Waals surface area contributed by atoms with Gasteiger partial charge in [0.05, 0.1) is 16.8 Å². The normalized spacial score (nSPS) is 15.7. The van der Waals surface area contributed by atoms with Crippen LogP contribution in [0.2, 0.25) is 0 Å². The first-order valence-corrected chi connectivity index (χ1v) is 10.3. The fourth-order valence-electron chi connectivity index (χ4n) is 4.26. The van der Waals surface area contributed by atoms with Gasteiger partial charge in [0.1, 0.15) is 0 Å². The molecule has 4 rings (SSSR count). The first kappa shape index (κ1) is 19.6. The fourth-order valence-corrected chi connectivity index (χ4v) is 4.26. The van der Waals surface area contributed by atoms with Crippen LogP contribution in [0.25, 0.3) is 10.9 Å². The number of benzene rings is 1. The molecular formula is C23H29N5O. The standard InChI is InChI=1S/C23H29N5O/c1-26(2)23(29)20-16-27(3)25-22(20)14-17-9-12-28(13-10-17)15-18-8-11-24-21-7-5-4-6-19(18)21/h4-8,11,16-17H,9-10,12-15H2,1-3H3. The molecule has 3 aromatic rings. The highest BCUT2D eigenvalue weighted by atomic mass is 16.2. The molecule has 0 aliphatic carbocycles. The van der Waals surface area contributed by atoms with E-state index in [2.05, 4.69) is 39.2 Å². The molecule has 1 saturated heterocycles. The number of para-hydroxylation sites is 1. The van der Waals surface area contributed by atoms with Crippen molar-refractivity contribution in [2.75, 3.05) is 27.2 Å². The Morgan fingerprint density at radius 3 is 2.69 bits per heavy atom. The maximum absolute atomic E-state index is 12.4. The van der Waals surface area contributed by atoms with E-state index in [0.29, 0.717) is 5.92 Å². The third-order valence-electron chi connectivity index (χ3n) is 5.86. The summed E-state index contributed by atoms with van der Waals surface area (Å²) in [4.78, 5) is 21.1. The van der Waals surface area contributed by atoms with E-state index in [-0.39, 0.29) is 5.91 Å². The van der Waals surface area contributed by atoms with Crippen LogP contribution in [0.5, 0.6) is 0 Å². The molecule has 0 saturated carbocycles. The van der Waals surface area contributed by atoms with Crippen molar-refractivity contribution in [3.63, 3.8) is 0 Å². The summed E-state index contributed by atoms with van der Waals surface area (Å²) in [5, 5.41) is 5.83. The SMILES string of the molecule is CN(C)C(=O)c1cn(C)nc1CC1CCN(Cc2ccnc3ccccc23)CC1. The maximum Gasteiger partial charge on any atom is 0.256 e. The van der Waals surface area contributed by atoms with Crippen LogP contribution in [0, 0.1) is 5.92 Å². The number of carbonyl (C=O) groups is 1. The van der Waals surface area contributed by atoms with Gasteiger partial charge in [0.2, 0.25) is 0 Å². The van der Waals surface area contributed by atoms with E-state index in [1.807, 2.05) is 25.5 Å². The van der Waals surface area contributed by atoms with Crippen molar-refractivity contribution in [1.29, 1.82) is 0 Å². The summed E-state index contributed by atoms with van der Waals surface area (Å²) < 4.78 is 1.76. The summed E-state index contributed by atoms with van der Waals surface area (Å²) in [5.74, 6) is 0.610. The number of hydrogen-bond donors (Lipinski definition) is 0. The molecular weight excluding hydrogens is 362 g/mol. The quantitative estimate of drug-likeness (QED) is 0.671. The first-order chi connectivity index (χ1) is 14.0. The lowest BCUT2D eigenvalue weighted by molar-refractivity contribution is 0.0826. The molecule has 29 heavy (non-hydrogen) atoms. The zero-order chi connectivity index (χ0) is 20.4. The average Bonchev–Trinajstić information content (AvgIpc) is 3.09. The third kappa shape index (κ3) is 4.32. The van der Waals surface area contributed by atoms with E-state index in [9.17, 15) is 4.79 Å². The van der Waals surface area contributed by atoms with E-state index < -0.39 is 0 Å². The van der Waals surface area contributed by atoms with Gasteiger partial charge in [-0.15, -0.1) is 0 Å². The molecule has 152 valence electrons. The van der Waals surface area contributed by atoms with Gasteiger partial charge in [0.15, 0.2) is 0 Å². The number of likely N-dealkylation sites (tertiary alicyclic amines) is 1. The van der Waals surface area contributed by atoms with Gasteiger partial charge in [-0.25, -0.2) is 0 Å². The van der Waals surface area contributed by atoms with Crippen molar-refractivity contribution in [1.82, 2.24) is 24.6 Å². The lowest BCUT2D eigenvalue weighted by atomic mass is 9.90. The van der Waals surface area contributed by atoms with E-state index in [1.165, 1.54) is 10.9 Å². The summed E-state index contributed by atoms with van der Waals surface area (Å²) in [6.45, 7) is 3.11. The van der Waals surface area contributed by atoms with Gasteiger partial charge < -0.3 is 4.90 Å². The van der Waals surface area contributed by atoms with Crippen molar-refractivity contribution in [3.05, 3.63) is 59.5 Å². The molecule has 0 atom stereocenters. The average molecular weight is 392 g/mol. The second kappa shape index (κ2) is 8.33. The zero-order valence-electron chi connectivity index (χ0n) is 17.5. The monoisotopic (exact) mass is 391 g/mol. The van der Waals surface area contributed by atoms with Gasteiger partial charge in [-0.3, -0.25) is 19.4 Å². The molecule has 1 amide bonds. The number of aromatic nitrogens is 3. The second-order valence-corrected chi connectivity index (χ2v) is 8.27. The molecule has 2 aromatic heterocycles. The van der Waals surface area contributed by atoms with E-state index >= 15 is 0 Å². The predicted octanol–water partition coefficient (Wildman–Crippen LogP) is 3.12. The Morgan fingerprint density at radius 2 is 1.93 bits per heavy atom. The van der Waals surface area contributed by atoms with Crippen molar-refractivity contribution >= 4 is 16.8 Å². The highest BCUT2D eigenvalue weighted by Crippen LogP contribution is 2.25. The molecule has 1 aromatic carbocycles. The smallest absolute Gasteiger partial charge is 0.256 e. The van der Waals surface area contributed by atoms with Gasteiger partial charge >= 0.3 is 0 Å². The number of aryl methyl sites for hydroxylation is 1. The molecule has 0 unspecified atom stereocenters. The number of carbonyl (C=O) groups excluding carboxylic acids is 1. The van der Waals surface area contributed by atoms with Gasteiger partial charge in [-0.2, -0.15) is 5.10 Å². The van der Waals surface area contributed by atoms with Crippen molar-refractivity contribution in [3.8, 4) is 0 Å². The van der Waals surface area contributed by atoms with E-state index in [1.54, 1.807) is 23.7 Å². The molecule has 0 spiro atoms. The number of fused-ring (bicyclic) bond motifs is 1. The summed E-state index contributed by atoms with van der Waals surface area (Å²) >= 11 is 0. The lowest BCUT2D eigenvalue weighted by Gasteiger charge is -2.32. The Morgan fingerprint density at radius 1 is 1.17 bits per heavy atom. The molecule has 3 heterocycles. The van der Waals surface area contributed by atoms with Crippen LogP contribution in [0.1, 0.15) is 34.5 Å². The van der Waals surface area contributed by atoms with E-state index in [4.69, 9.17) is 0 Å². The summed E-state index contributed by atoms with van der Waals surface area (Å²) in [6.07, 6.45) is 6.91. The Kier molecular flexibility index (Phi) is 5.62. The van der Waals surface area contributed by atoms with Crippen LogP contribution in [0.4, 0.5) is 0 Å². The number of rotatable bonds is 5. The number of pyridine rings is 1. The van der Waals surface area contributed by atoms with Crippen LogP contribution in [0.3, 0.4) is 0 Å². The van der Waals surface area contributed by atoms with E-state index in [0.717, 1.165) is 55.7 Å². The Bertz CT molecular complexity index is 996. The van der Waals surface area contributed by atoms with Crippen molar-refractivity contribution in [2.45, 2.75) is 25.8 Å². The number of amides is 1. The Balaban J connectivity index is 1.38. The number of nitrogens with zero attached hydrogens (tertiary/aromatic N) is 5. The topological polar surface area (TPSA) is 54.3 Å². The Hall–Kier alpha value is -2.73. The van der Waals surface area contributed by atoms with Crippen LogP contribution in [-0.4, -0.2) is 57.7 Å². The summed E-state index contributed by atoms with van der Waals surface area (Å²) in [5.41, 5.74) is 4.08. The molecule has 6 heteroatoms. The molecule has 0 bridgehead atoms. The van der Waals surface area contributed by atoms with Gasteiger partial charge in [0, 0.05) is 45.5 Å². The molecule has 6 nitrogen and oxygen atoms in total. The maximum atomic E-state index is 12.4. The number of piperidine rings is 1. The van der Waals surface area contributed by atoms with Crippen molar-refractivity contribution in [2.24, 2.45) is 13.0 Å². The second-order valence-electron chi connectivity index (χ2n) is 8.27. The van der Waals surface area contributed by atoms with Crippen LogP contribution in [0.15, 0.2) is 42.7 Å². The minimum atomic E-state index is 0.0371. The molecule has 1 fully saturated rings. The molecule has 0 N–H and O–H groups in total. The molecule has 1 aliphatic rings. The van der Waals surface area contributed by atoms with Crippen LogP contribution < -0.4 is 0 Å². The Labute approximate surface area is 172 Å². The van der Waals surface area contributed by atoms with Crippen molar-refractivity contribution < 1.29 is 4.79 Å². The van der Waals surface area contributed by atoms with Gasteiger partial charge in [-0.05, 0) is 56.0 Å². The minimum absolute atomic E-state index is 0.0371. The minimum Gasteiger partial charge on any atom is -0.345 e. The van der Waals surface area contributed by atoms with Crippen LogP contribution in [-0.2, 0) is 20.0 Å². The molecule has 1 aliphatic heterocycles. The largest absolute Gasteiger partial charge is 0.345 e. The lowest BCUT2D eigenvalue weighted by Crippen LogP contribution is -2.34. The highest BCUT2D eigenvalue weighted by Gasteiger charge is 2.24. The van der Waals surface area contributed by atoms with Gasteiger partial charge in [-0.1, -0.05) is 18.2 Å². The van der Waals surface area contributed by atoms with Crippen LogP contribution >= 0.6 is 0 Å². The predicted molar refractivity (Wildman–Crippen MR) is 115 cm³/mol. The highest BCUT2D eigenvalue weighted by molar-refractivity contribution is 5.94. The van der Waals surface area contributed by atoms with Gasteiger partial charge in [0.25, 0.3) is 5.91 Å². The molecule has 0 radical (unpaired) electrons. The fraction of sp³-hybridized carbons (Fsp3) is 0.435.